The van der Waals surface area contributed by atoms with Gasteiger partial charge >= 0.3 is 0 Å². The molecule has 0 spiro atoms. The molecule has 1 fully saturated rings. The summed E-state index contributed by atoms with van der Waals surface area (Å²) in [7, 11) is 0. The van der Waals surface area contributed by atoms with Crippen molar-refractivity contribution in [3.8, 4) is 0 Å². The van der Waals surface area contributed by atoms with Crippen molar-refractivity contribution in [3.05, 3.63) is 42.0 Å². The Kier molecular flexibility index (Phi) is 4.71. The quantitative estimate of drug-likeness (QED) is 0.835. The number of morpholine rings is 1. The van der Waals surface area contributed by atoms with Crippen molar-refractivity contribution in [2.24, 2.45) is 0 Å². The van der Waals surface area contributed by atoms with Crippen LogP contribution in [0.5, 0.6) is 0 Å². The van der Waals surface area contributed by atoms with Gasteiger partial charge in [-0.2, -0.15) is 0 Å². The first-order valence-electron chi connectivity index (χ1n) is 6.47. The molecule has 0 radical (unpaired) electrons. The van der Waals surface area contributed by atoms with E-state index in [9.17, 15) is 4.79 Å². The van der Waals surface area contributed by atoms with Crippen molar-refractivity contribution in [1.82, 2.24) is 4.90 Å². The lowest BCUT2D eigenvalue weighted by Gasteiger charge is -2.35. The van der Waals surface area contributed by atoms with Gasteiger partial charge in [-0.25, -0.2) is 0 Å². The lowest BCUT2D eigenvalue weighted by Crippen LogP contribution is -2.49. The maximum atomic E-state index is 12.1. The third kappa shape index (κ3) is 3.91. The van der Waals surface area contributed by atoms with Gasteiger partial charge in [0, 0.05) is 19.2 Å². The number of benzene rings is 1. The maximum absolute atomic E-state index is 12.1. The number of rotatable bonds is 3. The molecule has 0 aliphatic carbocycles. The summed E-state index contributed by atoms with van der Waals surface area (Å²) in [6, 6.07) is 9.70. The van der Waals surface area contributed by atoms with Gasteiger partial charge in [-0.3, -0.25) is 4.79 Å². The van der Waals surface area contributed by atoms with Crippen molar-refractivity contribution < 1.29 is 14.6 Å². The molecule has 0 aromatic heterocycles. The highest BCUT2D eigenvalue weighted by molar-refractivity contribution is 5.91. The molecule has 19 heavy (non-hydrogen) atoms. The molecule has 0 bridgehead atoms. The van der Waals surface area contributed by atoms with E-state index in [1.165, 1.54) is 0 Å². The van der Waals surface area contributed by atoms with Crippen LogP contribution in [0.4, 0.5) is 0 Å². The molecule has 4 heteroatoms. The monoisotopic (exact) mass is 261 g/mol. The molecule has 1 aliphatic heterocycles. The summed E-state index contributed by atoms with van der Waals surface area (Å²) >= 11 is 0. The van der Waals surface area contributed by atoms with Crippen molar-refractivity contribution >= 4 is 12.0 Å². The fourth-order valence-electron chi connectivity index (χ4n) is 2.16. The van der Waals surface area contributed by atoms with E-state index in [2.05, 4.69) is 0 Å². The Hall–Kier alpha value is -1.65. The Morgan fingerprint density at radius 1 is 1.42 bits per heavy atom. The van der Waals surface area contributed by atoms with Crippen molar-refractivity contribution in [2.75, 3.05) is 19.7 Å². The van der Waals surface area contributed by atoms with Gasteiger partial charge in [0.25, 0.3) is 0 Å². The zero-order valence-electron chi connectivity index (χ0n) is 11.0. The number of carbonyl (C=O) groups excluding carboxylic acids is 1. The minimum absolute atomic E-state index is 0.0417. The zero-order chi connectivity index (χ0) is 13.7. The van der Waals surface area contributed by atoms with Crippen LogP contribution >= 0.6 is 0 Å². The van der Waals surface area contributed by atoms with Crippen LogP contribution in [-0.2, 0) is 9.53 Å². The molecule has 102 valence electrons. The van der Waals surface area contributed by atoms with Crippen LogP contribution in [0.3, 0.4) is 0 Å². The lowest BCUT2D eigenvalue weighted by molar-refractivity contribution is -0.142. The number of hydrogen-bond donors (Lipinski definition) is 1. The minimum atomic E-state index is -0.280. The Bertz CT molecular complexity index is 444. The summed E-state index contributed by atoms with van der Waals surface area (Å²) in [5.41, 5.74) is 0.996. The summed E-state index contributed by atoms with van der Waals surface area (Å²) in [6.07, 6.45) is 3.05. The van der Waals surface area contributed by atoms with Crippen LogP contribution < -0.4 is 0 Å². The normalized spacial score (nSPS) is 23.8. The molecule has 2 unspecified atom stereocenters. The third-order valence-electron chi connectivity index (χ3n) is 3.06. The molecule has 1 aromatic rings. The van der Waals surface area contributed by atoms with Gasteiger partial charge in [0.2, 0.25) is 5.91 Å². The summed E-state index contributed by atoms with van der Waals surface area (Å²) < 4.78 is 5.51. The maximum Gasteiger partial charge on any atom is 0.246 e. The number of hydrogen-bond acceptors (Lipinski definition) is 3. The number of aliphatic hydroxyl groups is 1. The van der Waals surface area contributed by atoms with E-state index in [0.29, 0.717) is 13.1 Å². The molecule has 1 saturated heterocycles. The largest absolute Gasteiger partial charge is 0.394 e. The van der Waals surface area contributed by atoms with Gasteiger partial charge in [-0.1, -0.05) is 30.3 Å². The predicted molar refractivity (Wildman–Crippen MR) is 73.5 cm³/mol. The second-order valence-corrected chi connectivity index (χ2v) is 4.74. The van der Waals surface area contributed by atoms with Gasteiger partial charge in [-0.05, 0) is 18.6 Å². The predicted octanol–water partition coefficient (Wildman–Crippen LogP) is 1.31. The summed E-state index contributed by atoms with van der Waals surface area (Å²) in [6.45, 7) is 2.85. The van der Waals surface area contributed by atoms with E-state index in [4.69, 9.17) is 9.84 Å². The summed E-state index contributed by atoms with van der Waals surface area (Å²) in [4.78, 5) is 13.8. The first-order chi connectivity index (χ1) is 9.19. The van der Waals surface area contributed by atoms with Crippen LogP contribution in [0.15, 0.2) is 36.4 Å². The summed E-state index contributed by atoms with van der Waals surface area (Å²) in [5, 5.41) is 9.14. The van der Waals surface area contributed by atoms with E-state index in [0.717, 1.165) is 5.56 Å². The number of amides is 1. The van der Waals surface area contributed by atoms with Crippen LogP contribution in [0.25, 0.3) is 6.08 Å². The Morgan fingerprint density at radius 2 is 2.16 bits per heavy atom. The average molecular weight is 261 g/mol. The molecule has 1 N–H and O–H groups in total. The molecule has 0 saturated carbocycles. The molecule has 2 atom stereocenters. The van der Waals surface area contributed by atoms with Gasteiger partial charge < -0.3 is 14.7 Å². The number of aliphatic hydroxyl groups excluding tert-OH is 1. The van der Waals surface area contributed by atoms with Crippen molar-refractivity contribution in [2.45, 2.75) is 19.1 Å². The SMILES string of the molecule is CC1CN(C(=O)/C=C/c2ccccc2)CC(CO)O1. The Balaban J connectivity index is 1.97. The molecule has 1 aromatic carbocycles. The highest BCUT2D eigenvalue weighted by Crippen LogP contribution is 2.12. The topological polar surface area (TPSA) is 49.8 Å². The van der Waals surface area contributed by atoms with E-state index in [1.54, 1.807) is 17.1 Å². The van der Waals surface area contributed by atoms with E-state index in [1.807, 2.05) is 37.3 Å². The van der Waals surface area contributed by atoms with E-state index >= 15 is 0 Å². The van der Waals surface area contributed by atoms with Crippen LogP contribution in [0.1, 0.15) is 12.5 Å². The fraction of sp³-hybridized carbons (Fsp3) is 0.400. The molecule has 1 heterocycles. The van der Waals surface area contributed by atoms with E-state index in [-0.39, 0.29) is 24.7 Å². The second-order valence-electron chi connectivity index (χ2n) is 4.74. The fourth-order valence-corrected chi connectivity index (χ4v) is 2.16. The average Bonchev–Trinajstić information content (AvgIpc) is 2.45. The number of carbonyl (C=O) groups is 1. The molecule has 1 amide bonds. The molecular formula is C15H19NO3. The molecule has 2 rings (SSSR count). The zero-order valence-corrected chi connectivity index (χ0v) is 11.0. The molecular weight excluding hydrogens is 242 g/mol. The Morgan fingerprint density at radius 3 is 2.84 bits per heavy atom. The van der Waals surface area contributed by atoms with Crippen LogP contribution in [0, 0.1) is 0 Å². The number of nitrogens with zero attached hydrogens (tertiary/aromatic N) is 1. The standard InChI is InChI=1S/C15H19NO3/c1-12-9-16(10-14(11-17)19-12)15(18)8-7-13-5-3-2-4-6-13/h2-8,12,14,17H,9-11H2,1H3/b8-7+. The smallest absolute Gasteiger partial charge is 0.246 e. The minimum Gasteiger partial charge on any atom is -0.394 e. The van der Waals surface area contributed by atoms with Gasteiger partial charge in [0.1, 0.15) is 0 Å². The van der Waals surface area contributed by atoms with Gasteiger partial charge in [0.15, 0.2) is 0 Å². The van der Waals surface area contributed by atoms with Crippen LogP contribution in [-0.4, -0.2) is 47.8 Å². The van der Waals surface area contributed by atoms with Crippen molar-refractivity contribution in [1.29, 1.82) is 0 Å². The molecule has 4 nitrogen and oxygen atoms in total. The second kappa shape index (κ2) is 6.50. The third-order valence-corrected chi connectivity index (χ3v) is 3.06. The molecule has 1 aliphatic rings. The first kappa shape index (κ1) is 13.8. The van der Waals surface area contributed by atoms with Crippen LogP contribution in [0.2, 0.25) is 0 Å². The van der Waals surface area contributed by atoms with E-state index < -0.39 is 0 Å². The number of ether oxygens (including phenoxy) is 1. The van der Waals surface area contributed by atoms with Gasteiger partial charge in [-0.15, -0.1) is 0 Å². The Labute approximate surface area is 113 Å². The van der Waals surface area contributed by atoms with Crippen molar-refractivity contribution in [3.63, 3.8) is 0 Å². The van der Waals surface area contributed by atoms with Gasteiger partial charge in [0.05, 0.1) is 18.8 Å². The first-order valence-corrected chi connectivity index (χ1v) is 6.47. The summed E-state index contributed by atoms with van der Waals surface area (Å²) in [5.74, 6) is -0.0440. The lowest BCUT2D eigenvalue weighted by atomic mass is 10.2. The highest BCUT2D eigenvalue weighted by atomic mass is 16.5. The highest BCUT2D eigenvalue weighted by Gasteiger charge is 2.26.